The van der Waals surface area contributed by atoms with Crippen molar-refractivity contribution in [3.63, 3.8) is 0 Å². The van der Waals surface area contributed by atoms with Crippen LogP contribution in [0.2, 0.25) is 0 Å². The molecular weight excluding hydrogens is 363 g/mol. The van der Waals surface area contributed by atoms with E-state index in [2.05, 4.69) is 32.2 Å². The zero-order valence-corrected chi connectivity index (χ0v) is 15.6. The zero-order valence-electron chi connectivity index (χ0n) is 15.6. The summed E-state index contributed by atoms with van der Waals surface area (Å²) < 4.78 is 19.6. The van der Waals surface area contributed by atoms with Crippen LogP contribution in [-0.4, -0.2) is 42.8 Å². The summed E-state index contributed by atoms with van der Waals surface area (Å²) in [6, 6.07) is 0. The van der Waals surface area contributed by atoms with Crippen LogP contribution in [0.15, 0.2) is 17.1 Å². The van der Waals surface area contributed by atoms with Crippen molar-refractivity contribution in [2.45, 2.75) is 45.2 Å². The minimum Gasteiger partial charge on any atom is -0.442 e. The highest BCUT2D eigenvalue weighted by molar-refractivity contribution is 6.10. The van der Waals surface area contributed by atoms with Gasteiger partial charge in [-0.25, -0.2) is 19.9 Å². The standard InChI is InChI=1S/C19H19FN6O2/c1-10-13(14-16(25-19(2)4-5-19)23-9-24-17(14)28-10)18(27)26-6-3-11-12(7-26)21-8-22-15(11)20/h8-9H,3-7H2,1-2H3,(H,23,24,25). The van der Waals surface area contributed by atoms with E-state index in [1.807, 2.05) is 0 Å². The fraction of sp³-hybridized carbons (Fsp3) is 0.421. The van der Waals surface area contributed by atoms with Crippen molar-refractivity contribution < 1.29 is 13.6 Å². The highest BCUT2D eigenvalue weighted by Gasteiger charge is 2.39. The quantitative estimate of drug-likeness (QED) is 0.696. The average molecular weight is 382 g/mol. The molecule has 0 aromatic carbocycles. The number of aromatic nitrogens is 4. The molecule has 144 valence electrons. The monoisotopic (exact) mass is 382 g/mol. The van der Waals surface area contributed by atoms with Gasteiger partial charge < -0.3 is 14.6 Å². The minimum absolute atomic E-state index is 0.00864. The number of hydrogen-bond donors (Lipinski definition) is 1. The lowest BCUT2D eigenvalue weighted by molar-refractivity contribution is 0.0730. The molecule has 0 bridgehead atoms. The van der Waals surface area contributed by atoms with E-state index in [9.17, 15) is 9.18 Å². The fourth-order valence-corrected chi connectivity index (χ4v) is 3.64. The predicted octanol–water partition coefficient (Wildman–Crippen LogP) is 2.62. The number of furan rings is 1. The Hall–Kier alpha value is -3.10. The molecule has 1 N–H and O–H groups in total. The van der Waals surface area contributed by atoms with Gasteiger partial charge in [0.05, 0.1) is 23.2 Å². The van der Waals surface area contributed by atoms with Gasteiger partial charge in [0.15, 0.2) is 0 Å². The van der Waals surface area contributed by atoms with E-state index in [1.54, 1.807) is 11.8 Å². The van der Waals surface area contributed by atoms with Crippen LogP contribution in [0.4, 0.5) is 10.2 Å². The van der Waals surface area contributed by atoms with Crippen molar-refractivity contribution in [3.8, 4) is 0 Å². The number of rotatable bonds is 3. The third-order valence-electron chi connectivity index (χ3n) is 5.54. The molecule has 9 heteroatoms. The Morgan fingerprint density at radius 3 is 2.82 bits per heavy atom. The van der Waals surface area contributed by atoms with E-state index in [1.165, 1.54) is 12.7 Å². The number of aryl methyl sites for hydroxylation is 1. The molecule has 5 rings (SSSR count). The first-order valence-corrected chi connectivity index (χ1v) is 9.25. The van der Waals surface area contributed by atoms with E-state index in [-0.39, 0.29) is 18.0 Å². The van der Waals surface area contributed by atoms with Crippen LogP contribution in [0.5, 0.6) is 0 Å². The van der Waals surface area contributed by atoms with Gasteiger partial charge in [0, 0.05) is 17.6 Å². The summed E-state index contributed by atoms with van der Waals surface area (Å²) in [5.41, 5.74) is 1.84. The number of amides is 1. The Bertz CT molecular complexity index is 1110. The number of halogens is 1. The van der Waals surface area contributed by atoms with Gasteiger partial charge >= 0.3 is 0 Å². The Balaban J connectivity index is 1.54. The smallest absolute Gasteiger partial charge is 0.258 e. The van der Waals surface area contributed by atoms with Crippen molar-refractivity contribution >= 4 is 22.8 Å². The molecular formula is C19H19FN6O2. The number of nitrogens with one attached hydrogen (secondary N) is 1. The van der Waals surface area contributed by atoms with Gasteiger partial charge in [-0.3, -0.25) is 4.79 Å². The molecule has 3 aromatic rings. The molecule has 0 atom stereocenters. The summed E-state index contributed by atoms with van der Waals surface area (Å²) in [5.74, 6) is 0.388. The highest BCUT2D eigenvalue weighted by Crippen LogP contribution is 2.40. The maximum absolute atomic E-state index is 13.9. The van der Waals surface area contributed by atoms with Gasteiger partial charge in [0.25, 0.3) is 5.91 Å². The topological polar surface area (TPSA) is 97.0 Å². The second kappa shape index (κ2) is 5.95. The summed E-state index contributed by atoms with van der Waals surface area (Å²) in [6.07, 6.45) is 5.10. The molecule has 1 aliphatic heterocycles. The normalized spacial score (nSPS) is 17.5. The summed E-state index contributed by atoms with van der Waals surface area (Å²) in [5, 5.41) is 4.01. The summed E-state index contributed by atoms with van der Waals surface area (Å²) in [6.45, 7) is 4.48. The molecule has 1 fully saturated rings. The molecule has 0 spiro atoms. The van der Waals surface area contributed by atoms with Gasteiger partial charge in [0.2, 0.25) is 11.7 Å². The molecule has 0 unspecified atom stereocenters. The lowest BCUT2D eigenvalue weighted by Gasteiger charge is -2.28. The third kappa shape index (κ3) is 2.69. The first-order valence-electron chi connectivity index (χ1n) is 9.25. The Kier molecular flexibility index (Phi) is 3.62. The fourth-order valence-electron chi connectivity index (χ4n) is 3.64. The predicted molar refractivity (Wildman–Crippen MR) is 98.2 cm³/mol. The van der Waals surface area contributed by atoms with Crippen LogP contribution in [0.1, 0.15) is 47.1 Å². The van der Waals surface area contributed by atoms with Crippen LogP contribution < -0.4 is 5.32 Å². The van der Waals surface area contributed by atoms with Crippen molar-refractivity contribution in [2.24, 2.45) is 0 Å². The highest BCUT2D eigenvalue weighted by atomic mass is 19.1. The van der Waals surface area contributed by atoms with Crippen LogP contribution in [0, 0.1) is 12.9 Å². The first kappa shape index (κ1) is 17.0. The second-order valence-corrected chi connectivity index (χ2v) is 7.69. The van der Waals surface area contributed by atoms with Gasteiger partial charge in [-0.15, -0.1) is 0 Å². The van der Waals surface area contributed by atoms with E-state index in [0.717, 1.165) is 12.8 Å². The van der Waals surface area contributed by atoms with Crippen LogP contribution in [0.25, 0.3) is 11.1 Å². The largest absolute Gasteiger partial charge is 0.442 e. The first-order chi connectivity index (χ1) is 13.5. The van der Waals surface area contributed by atoms with Gasteiger partial charge in [0.1, 0.15) is 24.2 Å². The van der Waals surface area contributed by atoms with Crippen molar-refractivity contribution in [1.82, 2.24) is 24.8 Å². The SMILES string of the molecule is Cc1oc2ncnc(NC3(C)CC3)c2c1C(=O)N1CCc2c(F)ncnc2C1. The summed E-state index contributed by atoms with van der Waals surface area (Å²) in [7, 11) is 0. The van der Waals surface area contributed by atoms with Crippen LogP contribution in [-0.2, 0) is 13.0 Å². The molecule has 1 aliphatic carbocycles. The van der Waals surface area contributed by atoms with Gasteiger partial charge in [-0.2, -0.15) is 4.39 Å². The summed E-state index contributed by atoms with van der Waals surface area (Å²) in [4.78, 5) is 31.3. The average Bonchev–Trinajstić information content (AvgIpc) is 3.29. The van der Waals surface area contributed by atoms with Crippen molar-refractivity contribution in [2.75, 3.05) is 11.9 Å². The Morgan fingerprint density at radius 1 is 1.25 bits per heavy atom. The van der Waals surface area contributed by atoms with E-state index in [4.69, 9.17) is 4.42 Å². The molecule has 0 radical (unpaired) electrons. The molecule has 0 saturated heterocycles. The van der Waals surface area contributed by atoms with Crippen molar-refractivity contribution in [1.29, 1.82) is 0 Å². The lowest BCUT2D eigenvalue weighted by atomic mass is 10.0. The zero-order chi connectivity index (χ0) is 19.5. The molecule has 1 saturated carbocycles. The van der Waals surface area contributed by atoms with Gasteiger partial charge in [-0.05, 0) is 33.1 Å². The number of anilines is 1. The van der Waals surface area contributed by atoms with E-state index in [0.29, 0.717) is 52.5 Å². The Labute approximate surface area is 160 Å². The molecule has 1 amide bonds. The van der Waals surface area contributed by atoms with E-state index < -0.39 is 5.95 Å². The van der Waals surface area contributed by atoms with Crippen molar-refractivity contribution in [3.05, 3.63) is 41.2 Å². The molecule has 4 heterocycles. The number of fused-ring (bicyclic) bond motifs is 2. The maximum atomic E-state index is 13.9. The molecule has 2 aliphatic rings. The number of hydrogen-bond acceptors (Lipinski definition) is 7. The molecule has 28 heavy (non-hydrogen) atoms. The Morgan fingerprint density at radius 2 is 2.04 bits per heavy atom. The van der Waals surface area contributed by atoms with Gasteiger partial charge in [-0.1, -0.05) is 0 Å². The lowest BCUT2D eigenvalue weighted by Crippen LogP contribution is -2.37. The minimum atomic E-state index is -0.514. The number of carbonyl (C=O) groups excluding carboxylic acids is 1. The molecule has 3 aromatic heterocycles. The number of carbonyl (C=O) groups is 1. The third-order valence-corrected chi connectivity index (χ3v) is 5.54. The number of nitrogens with zero attached hydrogens (tertiary/aromatic N) is 5. The molecule has 8 nitrogen and oxygen atoms in total. The van der Waals surface area contributed by atoms with E-state index >= 15 is 0 Å². The summed E-state index contributed by atoms with van der Waals surface area (Å²) >= 11 is 0. The van der Waals surface area contributed by atoms with Crippen LogP contribution in [0.3, 0.4) is 0 Å². The maximum Gasteiger partial charge on any atom is 0.258 e. The second-order valence-electron chi connectivity index (χ2n) is 7.69. The van der Waals surface area contributed by atoms with Crippen LogP contribution >= 0.6 is 0 Å².